The maximum Gasteiger partial charge on any atom is 0.319 e. The van der Waals surface area contributed by atoms with E-state index in [1.807, 2.05) is 45.8 Å². The van der Waals surface area contributed by atoms with Crippen molar-refractivity contribution in [1.82, 2.24) is 35.3 Å². The summed E-state index contributed by atoms with van der Waals surface area (Å²) in [7, 11) is 0. The Labute approximate surface area is 273 Å². The van der Waals surface area contributed by atoms with Gasteiger partial charge in [-0.15, -0.1) is 0 Å². The number of rotatable bonds is 11. The predicted molar refractivity (Wildman–Crippen MR) is 180 cm³/mol. The second kappa shape index (κ2) is 14.5. The van der Waals surface area contributed by atoms with Crippen molar-refractivity contribution in [3.63, 3.8) is 0 Å². The maximum atomic E-state index is 13.0. The highest BCUT2D eigenvalue weighted by atomic mass is 35.5. The largest absolute Gasteiger partial charge is 0.387 e. The van der Waals surface area contributed by atoms with E-state index in [4.69, 9.17) is 11.6 Å². The van der Waals surface area contributed by atoms with Gasteiger partial charge >= 0.3 is 6.03 Å². The first-order valence-electron chi connectivity index (χ1n) is 15.6. The Bertz CT molecular complexity index is 1460. The molecule has 4 N–H and O–H groups in total. The number of benzene rings is 1. The highest BCUT2D eigenvalue weighted by Crippen LogP contribution is 2.31. The van der Waals surface area contributed by atoms with Crippen LogP contribution in [0.1, 0.15) is 45.6 Å². The zero-order valence-corrected chi connectivity index (χ0v) is 27.9. The fourth-order valence-electron chi connectivity index (χ4n) is 5.84. The van der Waals surface area contributed by atoms with Gasteiger partial charge in [-0.2, -0.15) is 26.8 Å². The number of aromatic nitrogens is 4. The van der Waals surface area contributed by atoms with E-state index in [2.05, 4.69) is 56.5 Å². The number of thioether (sulfide) groups is 1. The second-order valence-corrected chi connectivity index (χ2v) is 14.5. The average molecular weight is 658 g/mol. The van der Waals surface area contributed by atoms with Gasteiger partial charge < -0.3 is 25.5 Å². The van der Waals surface area contributed by atoms with Gasteiger partial charge in [-0.1, -0.05) is 32.9 Å². The van der Waals surface area contributed by atoms with Gasteiger partial charge in [0, 0.05) is 69.4 Å². The topological polar surface area (TPSA) is 143 Å². The third kappa shape index (κ3) is 8.99. The Kier molecular flexibility index (Phi) is 10.7. The van der Waals surface area contributed by atoms with Crippen LogP contribution in [0.5, 0.6) is 0 Å². The van der Waals surface area contributed by atoms with Crippen LogP contribution in [-0.2, 0) is 10.2 Å². The van der Waals surface area contributed by atoms with Gasteiger partial charge in [0.15, 0.2) is 5.65 Å². The van der Waals surface area contributed by atoms with Crippen LogP contribution in [0.2, 0.25) is 5.28 Å². The van der Waals surface area contributed by atoms with E-state index in [0.717, 1.165) is 35.7 Å². The summed E-state index contributed by atoms with van der Waals surface area (Å²) >= 11 is 8.05. The van der Waals surface area contributed by atoms with Crippen LogP contribution in [-0.4, -0.2) is 116 Å². The van der Waals surface area contributed by atoms with Crippen molar-refractivity contribution in [2.24, 2.45) is 0 Å². The first-order chi connectivity index (χ1) is 21.5. The summed E-state index contributed by atoms with van der Waals surface area (Å²) in [5.41, 5.74) is 1.53. The number of aromatic amines is 1. The van der Waals surface area contributed by atoms with E-state index < -0.39 is 5.60 Å². The lowest BCUT2D eigenvalue weighted by Gasteiger charge is -2.33. The summed E-state index contributed by atoms with van der Waals surface area (Å²) < 4.78 is 0. The molecule has 2 aromatic heterocycles. The number of amides is 3. The fourth-order valence-corrected chi connectivity index (χ4v) is 6.91. The van der Waals surface area contributed by atoms with Crippen LogP contribution in [0.25, 0.3) is 11.0 Å². The van der Waals surface area contributed by atoms with Crippen molar-refractivity contribution in [3.8, 4) is 0 Å². The Morgan fingerprint density at radius 2 is 1.89 bits per heavy atom. The Hall–Kier alpha value is -3.13. The zero-order valence-electron chi connectivity index (χ0n) is 26.3. The number of fused-ring (bicyclic) bond motifs is 1. The number of β-amino-alcohol motifs (C(OH)–C–C–N with tert-alkyl or cyclic N) is 1. The van der Waals surface area contributed by atoms with Gasteiger partial charge in [0.25, 0.3) is 0 Å². The van der Waals surface area contributed by atoms with Gasteiger partial charge in [-0.25, -0.2) is 4.79 Å². The molecule has 0 saturated carbocycles. The molecule has 1 atom stereocenters. The molecule has 0 aliphatic carbocycles. The van der Waals surface area contributed by atoms with E-state index in [-0.39, 0.29) is 22.6 Å². The highest BCUT2D eigenvalue weighted by molar-refractivity contribution is 7.99. The molecule has 3 amide bonds. The van der Waals surface area contributed by atoms with Crippen LogP contribution < -0.4 is 15.5 Å². The van der Waals surface area contributed by atoms with Crippen LogP contribution in [0.4, 0.5) is 16.3 Å². The molecule has 2 fully saturated rings. The fraction of sp³-hybridized carbons (Fsp3) is 0.581. The molecule has 2 aliphatic rings. The van der Waals surface area contributed by atoms with Gasteiger partial charge in [-0.3, -0.25) is 14.8 Å². The second-order valence-electron chi connectivity index (χ2n) is 12.9. The lowest BCUT2D eigenvalue weighted by atomic mass is 9.87. The summed E-state index contributed by atoms with van der Waals surface area (Å²) in [5, 5.41) is 25.3. The summed E-state index contributed by atoms with van der Waals surface area (Å²) in [6.07, 6.45) is 3.26. The molecule has 1 unspecified atom stereocenters. The summed E-state index contributed by atoms with van der Waals surface area (Å²) in [4.78, 5) is 40.3. The number of hydrogen-bond acceptors (Lipinski definition) is 9. The molecule has 12 nitrogen and oxygen atoms in total. The molecule has 45 heavy (non-hydrogen) atoms. The summed E-state index contributed by atoms with van der Waals surface area (Å²) in [6.45, 7) is 11.0. The normalized spacial score (nSPS) is 19.0. The van der Waals surface area contributed by atoms with Crippen LogP contribution in [0.15, 0.2) is 30.5 Å². The lowest BCUT2D eigenvalue weighted by Crippen LogP contribution is -2.47. The first kappa shape index (κ1) is 33.2. The number of carbonyl (C=O) groups excluding carboxylic acids is 2. The van der Waals surface area contributed by atoms with Crippen molar-refractivity contribution in [2.45, 2.75) is 51.0 Å². The van der Waals surface area contributed by atoms with Crippen molar-refractivity contribution >= 4 is 57.8 Å². The Morgan fingerprint density at radius 1 is 1.13 bits per heavy atom. The quantitative estimate of drug-likeness (QED) is 0.179. The van der Waals surface area contributed by atoms with E-state index in [1.54, 1.807) is 6.20 Å². The van der Waals surface area contributed by atoms with Crippen LogP contribution in [0.3, 0.4) is 0 Å². The van der Waals surface area contributed by atoms with Crippen molar-refractivity contribution < 1.29 is 14.7 Å². The third-order valence-electron chi connectivity index (χ3n) is 8.36. The van der Waals surface area contributed by atoms with E-state index in [0.29, 0.717) is 70.0 Å². The molecule has 0 bridgehead atoms. The SMILES string of the molecule is CC(C)(C)c1ccc(NC(=O)NCCCN(CCC(=O)N2CCSCC2)CC2(O)CCN(c3nc(Cl)nc4[nH]ncc34)C2)cc1. The summed E-state index contributed by atoms with van der Waals surface area (Å²) in [6, 6.07) is 7.63. The number of carbonyl (C=O) groups is 2. The predicted octanol–water partition coefficient (Wildman–Crippen LogP) is 3.72. The summed E-state index contributed by atoms with van der Waals surface area (Å²) in [5.74, 6) is 2.73. The molecular formula is C31H44ClN9O3S. The van der Waals surface area contributed by atoms with Crippen molar-refractivity contribution in [3.05, 3.63) is 41.3 Å². The molecule has 4 heterocycles. The lowest BCUT2D eigenvalue weighted by molar-refractivity contribution is -0.131. The van der Waals surface area contributed by atoms with Crippen LogP contribution >= 0.6 is 23.4 Å². The van der Waals surface area contributed by atoms with Crippen molar-refractivity contribution in [1.29, 1.82) is 0 Å². The highest BCUT2D eigenvalue weighted by Gasteiger charge is 2.39. The third-order valence-corrected chi connectivity index (χ3v) is 9.47. The van der Waals surface area contributed by atoms with Crippen molar-refractivity contribution in [2.75, 3.05) is 74.1 Å². The number of halogens is 1. The number of hydrogen-bond donors (Lipinski definition) is 4. The number of nitrogens with zero attached hydrogens (tertiary/aromatic N) is 6. The molecular weight excluding hydrogens is 614 g/mol. The molecule has 244 valence electrons. The monoisotopic (exact) mass is 657 g/mol. The first-order valence-corrected chi connectivity index (χ1v) is 17.1. The molecule has 3 aromatic rings. The Balaban J connectivity index is 1.16. The maximum absolute atomic E-state index is 13.0. The number of anilines is 2. The van der Waals surface area contributed by atoms with E-state index in [9.17, 15) is 14.7 Å². The molecule has 0 radical (unpaired) electrons. The number of aliphatic hydroxyl groups is 1. The number of nitrogens with one attached hydrogen (secondary N) is 3. The van der Waals surface area contributed by atoms with Gasteiger partial charge in [0.05, 0.1) is 17.2 Å². The van der Waals surface area contributed by atoms with Gasteiger partial charge in [-0.05, 0) is 54.1 Å². The molecule has 2 saturated heterocycles. The minimum absolute atomic E-state index is 0.0456. The molecule has 14 heteroatoms. The molecule has 0 spiro atoms. The van der Waals surface area contributed by atoms with Crippen LogP contribution in [0, 0.1) is 0 Å². The molecule has 5 rings (SSSR count). The smallest absolute Gasteiger partial charge is 0.319 e. The minimum atomic E-state index is -1.01. The molecule has 2 aliphatic heterocycles. The van der Waals surface area contributed by atoms with Gasteiger partial charge in [0.1, 0.15) is 5.82 Å². The Morgan fingerprint density at radius 3 is 2.62 bits per heavy atom. The zero-order chi connectivity index (χ0) is 32.0. The number of H-pyrrole nitrogens is 1. The van der Waals surface area contributed by atoms with Gasteiger partial charge in [0.2, 0.25) is 11.2 Å². The van der Waals surface area contributed by atoms with E-state index >= 15 is 0 Å². The average Bonchev–Trinajstić information content (AvgIpc) is 3.64. The standard InChI is InChI=1S/C31H44ClN9O3S/c1-30(2,3)22-5-7-23(8-6-22)35-29(43)33-11-4-12-39(13-9-25(42)40-15-17-45-18-16-40)20-31(44)10-14-41(21-31)27-24-19-34-38-26(24)36-28(32)37-27/h5-8,19,44H,4,9-18,20-21H2,1-3H3,(H2,33,35,43)(H,34,36,37,38). The number of urea groups is 1. The molecule has 1 aromatic carbocycles. The minimum Gasteiger partial charge on any atom is -0.387 e. The van der Waals surface area contributed by atoms with E-state index in [1.165, 1.54) is 5.56 Å².